The van der Waals surface area contributed by atoms with Crippen molar-refractivity contribution in [3.63, 3.8) is 0 Å². The highest BCUT2D eigenvalue weighted by atomic mass is 19.1. The second kappa shape index (κ2) is 5.67. The predicted molar refractivity (Wildman–Crippen MR) is 86.0 cm³/mol. The molecule has 3 aromatic rings. The van der Waals surface area contributed by atoms with E-state index in [0.717, 1.165) is 23.9 Å². The molecule has 0 bridgehead atoms. The summed E-state index contributed by atoms with van der Waals surface area (Å²) < 4.78 is 28.6. The van der Waals surface area contributed by atoms with Gasteiger partial charge in [-0.3, -0.25) is 4.79 Å². The zero-order chi connectivity index (χ0) is 17.5. The number of hydrogen-bond donors (Lipinski definition) is 1. The molecule has 1 aromatic carbocycles. The summed E-state index contributed by atoms with van der Waals surface area (Å²) in [5.74, 6) is -1.97. The predicted octanol–water partition coefficient (Wildman–Crippen LogP) is 3.56. The SMILES string of the molecule is CC(C)(C)c1cc(C(=O)Nc2cc(F)ccc2F)nc2ccnn12. The van der Waals surface area contributed by atoms with Crippen molar-refractivity contribution in [3.8, 4) is 0 Å². The lowest BCUT2D eigenvalue weighted by molar-refractivity contribution is 0.102. The van der Waals surface area contributed by atoms with E-state index in [2.05, 4.69) is 15.4 Å². The van der Waals surface area contributed by atoms with Gasteiger partial charge < -0.3 is 5.32 Å². The Morgan fingerprint density at radius 1 is 1.17 bits per heavy atom. The lowest BCUT2D eigenvalue weighted by Crippen LogP contribution is -2.21. The molecule has 0 aliphatic heterocycles. The molecule has 0 spiro atoms. The van der Waals surface area contributed by atoms with Crippen molar-refractivity contribution < 1.29 is 13.6 Å². The average molecular weight is 330 g/mol. The third-order valence-corrected chi connectivity index (χ3v) is 3.54. The molecule has 0 unspecified atom stereocenters. The molecule has 0 saturated carbocycles. The number of amides is 1. The molecule has 0 aliphatic carbocycles. The van der Waals surface area contributed by atoms with Crippen LogP contribution in [-0.4, -0.2) is 20.5 Å². The third kappa shape index (κ3) is 2.97. The van der Waals surface area contributed by atoms with Gasteiger partial charge in [0.25, 0.3) is 5.91 Å². The minimum absolute atomic E-state index is 0.108. The van der Waals surface area contributed by atoms with E-state index in [1.807, 2.05) is 20.8 Å². The minimum Gasteiger partial charge on any atom is -0.318 e. The number of fused-ring (bicyclic) bond motifs is 1. The number of hydrogen-bond acceptors (Lipinski definition) is 3. The molecular weight excluding hydrogens is 314 g/mol. The number of carbonyl (C=O) groups excluding carboxylic acids is 1. The fourth-order valence-corrected chi connectivity index (χ4v) is 2.34. The molecule has 1 N–H and O–H groups in total. The number of halogens is 2. The van der Waals surface area contributed by atoms with Crippen LogP contribution in [0.25, 0.3) is 5.65 Å². The number of nitrogens with one attached hydrogen (secondary N) is 1. The van der Waals surface area contributed by atoms with Crippen LogP contribution >= 0.6 is 0 Å². The quantitative estimate of drug-likeness (QED) is 0.781. The van der Waals surface area contributed by atoms with Crippen molar-refractivity contribution in [1.82, 2.24) is 14.6 Å². The van der Waals surface area contributed by atoms with Crippen LogP contribution in [0.1, 0.15) is 37.0 Å². The van der Waals surface area contributed by atoms with Crippen LogP contribution in [0.15, 0.2) is 36.5 Å². The summed E-state index contributed by atoms with van der Waals surface area (Å²) in [4.78, 5) is 16.7. The zero-order valence-electron chi connectivity index (χ0n) is 13.5. The molecule has 3 rings (SSSR count). The maximum Gasteiger partial charge on any atom is 0.274 e. The Hall–Kier alpha value is -2.83. The van der Waals surface area contributed by atoms with Crippen molar-refractivity contribution in [2.75, 3.05) is 5.32 Å². The van der Waals surface area contributed by atoms with Crippen LogP contribution in [0.3, 0.4) is 0 Å². The standard InChI is InChI=1S/C17H16F2N4O/c1-17(2,3)14-9-13(21-15-6-7-20-23(14)15)16(24)22-12-8-10(18)4-5-11(12)19/h4-9H,1-3H3,(H,22,24). The van der Waals surface area contributed by atoms with Gasteiger partial charge in [-0.25, -0.2) is 18.3 Å². The second-order valence-electron chi connectivity index (χ2n) is 6.46. The third-order valence-electron chi connectivity index (χ3n) is 3.54. The summed E-state index contributed by atoms with van der Waals surface area (Å²) in [6.45, 7) is 5.95. The summed E-state index contributed by atoms with van der Waals surface area (Å²) in [7, 11) is 0. The largest absolute Gasteiger partial charge is 0.318 e. The number of benzene rings is 1. The first-order chi connectivity index (χ1) is 11.3. The van der Waals surface area contributed by atoms with Crippen LogP contribution in [-0.2, 0) is 5.41 Å². The molecule has 0 radical (unpaired) electrons. The second-order valence-corrected chi connectivity index (χ2v) is 6.46. The van der Waals surface area contributed by atoms with Gasteiger partial charge in [-0.15, -0.1) is 0 Å². The average Bonchev–Trinajstić information content (AvgIpc) is 2.97. The lowest BCUT2D eigenvalue weighted by Gasteiger charge is -2.20. The van der Waals surface area contributed by atoms with Gasteiger partial charge in [0.2, 0.25) is 0 Å². The molecule has 1 amide bonds. The molecule has 24 heavy (non-hydrogen) atoms. The summed E-state index contributed by atoms with van der Waals surface area (Å²) in [6, 6.07) is 6.15. The van der Waals surface area contributed by atoms with E-state index < -0.39 is 17.5 Å². The molecule has 0 aliphatic rings. The van der Waals surface area contributed by atoms with Gasteiger partial charge in [-0.2, -0.15) is 5.10 Å². The molecule has 0 atom stereocenters. The number of nitrogens with zero attached hydrogens (tertiary/aromatic N) is 3. The molecule has 7 heteroatoms. The Bertz CT molecular complexity index is 928. The molecule has 124 valence electrons. The van der Waals surface area contributed by atoms with E-state index in [4.69, 9.17) is 0 Å². The van der Waals surface area contributed by atoms with Crippen molar-refractivity contribution in [2.24, 2.45) is 0 Å². The van der Waals surface area contributed by atoms with Crippen molar-refractivity contribution in [1.29, 1.82) is 0 Å². The van der Waals surface area contributed by atoms with E-state index in [-0.39, 0.29) is 16.8 Å². The number of anilines is 1. The van der Waals surface area contributed by atoms with E-state index in [1.54, 1.807) is 22.8 Å². The molecular formula is C17H16F2N4O. The zero-order valence-corrected chi connectivity index (χ0v) is 13.5. The normalized spacial score (nSPS) is 11.7. The van der Waals surface area contributed by atoms with Crippen LogP contribution in [0.5, 0.6) is 0 Å². The summed E-state index contributed by atoms with van der Waals surface area (Å²) >= 11 is 0. The Kier molecular flexibility index (Phi) is 3.79. The first kappa shape index (κ1) is 16.0. The summed E-state index contributed by atoms with van der Waals surface area (Å²) in [6.07, 6.45) is 1.59. The monoisotopic (exact) mass is 330 g/mol. The molecule has 0 fully saturated rings. The van der Waals surface area contributed by atoms with Gasteiger partial charge in [0.1, 0.15) is 17.3 Å². The number of carbonyl (C=O) groups is 1. The van der Waals surface area contributed by atoms with Gasteiger partial charge in [0.15, 0.2) is 5.65 Å². The summed E-state index contributed by atoms with van der Waals surface area (Å²) in [5, 5.41) is 6.56. The first-order valence-corrected chi connectivity index (χ1v) is 7.37. The van der Waals surface area contributed by atoms with Crippen molar-refractivity contribution in [2.45, 2.75) is 26.2 Å². The Labute approximate surface area is 137 Å². The maximum atomic E-state index is 13.7. The first-order valence-electron chi connectivity index (χ1n) is 7.37. The smallest absolute Gasteiger partial charge is 0.274 e. The summed E-state index contributed by atoms with van der Waals surface area (Å²) in [5.41, 5.74) is 0.880. The number of rotatable bonds is 2. The van der Waals surface area contributed by atoms with Crippen LogP contribution in [0.4, 0.5) is 14.5 Å². The van der Waals surface area contributed by atoms with E-state index >= 15 is 0 Å². The highest BCUT2D eigenvalue weighted by Crippen LogP contribution is 2.24. The Balaban J connectivity index is 2.02. The fourth-order valence-electron chi connectivity index (χ4n) is 2.34. The highest BCUT2D eigenvalue weighted by molar-refractivity contribution is 6.03. The molecule has 5 nitrogen and oxygen atoms in total. The van der Waals surface area contributed by atoms with Gasteiger partial charge in [-0.05, 0) is 18.2 Å². The number of aromatic nitrogens is 3. The Morgan fingerprint density at radius 2 is 1.92 bits per heavy atom. The van der Waals surface area contributed by atoms with Gasteiger partial charge in [0.05, 0.1) is 17.6 Å². The van der Waals surface area contributed by atoms with Crippen LogP contribution < -0.4 is 5.32 Å². The molecule has 2 heterocycles. The molecule has 0 saturated heterocycles. The Morgan fingerprint density at radius 3 is 2.62 bits per heavy atom. The molecule has 2 aromatic heterocycles. The van der Waals surface area contributed by atoms with Crippen LogP contribution in [0, 0.1) is 11.6 Å². The van der Waals surface area contributed by atoms with Gasteiger partial charge in [0, 0.05) is 17.5 Å². The van der Waals surface area contributed by atoms with E-state index in [1.165, 1.54) is 0 Å². The fraction of sp³-hybridized carbons (Fsp3) is 0.235. The van der Waals surface area contributed by atoms with E-state index in [9.17, 15) is 13.6 Å². The minimum atomic E-state index is -0.716. The maximum absolute atomic E-state index is 13.7. The topological polar surface area (TPSA) is 59.3 Å². The van der Waals surface area contributed by atoms with Gasteiger partial charge in [-0.1, -0.05) is 20.8 Å². The highest BCUT2D eigenvalue weighted by Gasteiger charge is 2.22. The lowest BCUT2D eigenvalue weighted by atomic mass is 9.91. The van der Waals surface area contributed by atoms with Crippen LogP contribution in [0.2, 0.25) is 0 Å². The van der Waals surface area contributed by atoms with Gasteiger partial charge >= 0.3 is 0 Å². The van der Waals surface area contributed by atoms with Crippen molar-refractivity contribution in [3.05, 3.63) is 59.6 Å². The van der Waals surface area contributed by atoms with E-state index in [0.29, 0.717) is 5.65 Å². The van der Waals surface area contributed by atoms with Crippen molar-refractivity contribution >= 4 is 17.2 Å².